The number of ether oxygens (including phenoxy) is 2. The number of nitriles is 1. The monoisotopic (exact) mass is 545 g/mol. The Hall–Kier alpha value is -3.08. The van der Waals surface area contributed by atoms with Crippen LogP contribution >= 0.6 is 0 Å². The maximum absolute atomic E-state index is 14.7. The minimum absolute atomic E-state index is 0.0363. The number of carbonyl (C=O) groups is 1. The van der Waals surface area contributed by atoms with E-state index in [2.05, 4.69) is 6.92 Å². The third-order valence-electron chi connectivity index (χ3n) is 8.63. The highest BCUT2D eigenvalue weighted by atomic mass is 19.1. The fourth-order valence-corrected chi connectivity index (χ4v) is 6.50. The Labute approximate surface area is 227 Å². The summed E-state index contributed by atoms with van der Waals surface area (Å²) in [6.07, 6.45) is 14.8. The van der Waals surface area contributed by atoms with Gasteiger partial charge in [0.25, 0.3) is 0 Å². The second-order valence-electron chi connectivity index (χ2n) is 11.1. The van der Waals surface area contributed by atoms with Crippen molar-refractivity contribution < 1.29 is 31.8 Å². The van der Waals surface area contributed by atoms with Gasteiger partial charge in [0, 0.05) is 24.3 Å². The Morgan fingerprint density at radius 1 is 0.923 bits per heavy atom. The minimum atomic E-state index is -1.46. The van der Waals surface area contributed by atoms with E-state index in [1.165, 1.54) is 57.4 Å². The Morgan fingerprint density at radius 2 is 1.51 bits per heavy atom. The highest BCUT2D eigenvalue weighted by molar-refractivity contribution is 5.91. The number of rotatable bonds is 9. The van der Waals surface area contributed by atoms with Crippen molar-refractivity contribution in [2.24, 2.45) is 17.3 Å². The lowest BCUT2D eigenvalue weighted by molar-refractivity contribution is 0.0373. The number of benzene rings is 2. The molecule has 0 N–H and O–H groups in total. The van der Waals surface area contributed by atoms with E-state index in [0.717, 1.165) is 43.7 Å². The van der Waals surface area contributed by atoms with Crippen molar-refractivity contribution in [3.8, 4) is 17.6 Å². The van der Waals surface area contributed by atoms with Crippen molar-refractivity contribution in [1.82, 2.24) is 0 Å². The van der Waals surface area contributed by atoms with Gasteiger partial charge in [-0.3, -0.25) is 0 Å². The van der Waals surface area contributed by atoms with Gasteiger partial charge in [0.15, 0.2) is 0 Å². The van der Waals surface area contributed by atoms with Gasteiger partial charge in [-0.1, -0.05) is 39.0 Å². The Bertz CT molecular complexity index is 1160. The third kappa shape index (κ3) is 6.74. The summed E-state index contributed by atoms with van der Waals surface area (Å²) in [6.45, 7) is 2.59. The van der Waals surface area contributed by atoms with Crippen molar-refractivity contribution >= 4 is 5.97 Å². The van der Waals surface area contributed by atoms with E-state index in [-0.39, 0.29) is 5.75 Å². The van der Waals surface area contributed by atoms with Gasteiger partial charge in [-0.15, -0.1) is 0 Å². The van der Waals surface area contributed by atoms with Crippen LogP contribution in [0.15, 0.2) is 24.3 Å². The number of esters is 1. The summed E-state index contributed by atoms with van der Waals surface area (Å²) in [5.74, 6) is -6.00. The second-order valence-corrected chi connectivity index (χ2v) is 11.1. The molecular weight excluding hydrogens is 510 g/mol. The van der Waals surface area contributed by atoms with Crippen molar-refractivity contribution in [2.45, 2.75) is 84.0 Å². The molecule has 2 aliphatic carbocycles. The van der Waals surface area contributed by atoms with Crippen molar-refractivity contribution in [3.63, 3.8) is 0 Å². The molecule has 0 atom stereocenters. The molecule has 2 aliphatic rings. The Morgan fingerprint density at radius 3 is 2.08 bits per heavy atom. The van der Waals surface area contributed by atoms with Crippen molar-refractivity contribution in [2.75, 3.05) is 6.61 Å². The van der Waals surface area contributed by atoms with Gasteiger partial charge < -0.3 is 9.47 Å². The average molecular weight is 546 g/mol. The zero-order valence-electron chi connectivity index (χ0n) is 22.3. The van der Waals surface area contributed by atoms with Crippen LogP contribution in [0.5, 0.6) is 11.5 Å². The normalized spacial score (nSPS) is 20.7. The lowest BCUT2D eigenvalue weighted by atomic mass is 9.59. The molecule has 4 nitrogen and oxygen atoms in total. The van der Waals surface area contributed by atoms with Crippen LogP contribution in [-0.2, 0) is 0 Å². The van der Waals surface area contributed by atoms with E-state index >= 15 is 0 Å². The smallest absolute Gasteiger partial charge is 0.349 e. The molecule has 0 radical (unpaired) electrons. The van der Waals surface area contributed by atoms with Crippen molar-refractivity contribution in [1.29, 1.82) is 5.26 Å². The summed E-state index contributed by atoms with van der Waals surface area (Å²) in [6, 6.07) is 4.35. The summed E-state index contributed by atoms with van der Waals surface area (Å²) in [5, 5.41) is 8.73. The van der Waals surface area contributed by atoms with Crippen LogP contribution in [0.2, 0.25) is 0 Å². The summed E-state index contributed by atoms with van der Waals surface area (Å²) in [4.78, 5) is 12.3. The predicted molar refractivity (Wildman–Crippen MR) is 138 cm³/mol. The Kier molecular flexibility index (Phi) is 9.53. The largest absolute Gasteiger partial charge is 0.493 e. The molecule has 0 bridgehead atoms. The van der Waals surface area contributed by atoms with E-state index in [1.807, 2.05) is 0 Å². The quantitative estimate of drug-likeness (QED) is 0.180. The van der Waals surface area contributed by atoms with E-state index in [0.29, 0.717) is 30.1 Å². The molecule has 210 valence electrons. The van der Waals surface area contributed by atoms with Gasteiger partial charge in [-0.05, 0) is 62.2 Å². The molecule has 8 heteroatoms. The van der Waals surface area contributed by atoms with E-state index in [9.17, 15) is 22.4 Å². The number of hydrogen-bond donors (Lipinski definition) is 0. The summed E-state index contributed by atoms with van der Waals surface area (Å²) in [7, 11) is 0. The molecule has 0 spiro atoms. The van der Waals surface area contributed by atoms with E-state index in [4.69, 9.17) is 14.7 Å². The van der Waals surface area contributed by atoms with Crippen LogP contribution < -0.4 is 9.47 Å². The fraction of sp³-hybridized carbons (Fsp3) is 0.548. The van der Waals surface area contributed by atoms with Crippen LogP contribution in [-0.4, -0.2) is 12.6 Å². The number of unbranched alkanes of at least 4 members (excludes halogenated alkanes) is 1. The molecule has 2 saturated carbocycles. The van der Waals surface area contributed by atoms with Gasteiger partial charge in [-0.2, -0.15) is 5.26 Å². The summed E-state index contributed by atoms with van der Waals surface area (Å²) >= 11 is 0. The highest BCUT2D eigenvalue weighted by Gasteiger charge is 2.40. The maximum Gasteiger partial charge on any atom is 0.349 e. The van der Waals surface area contributed by atoms with Crippen LogP contribution in [0.4, 0.5) is 17.6 Å². The van der Waals surface area contributed by atoms with Gasteiger partial charge in [-0.25, -0.2) is 22.4 Å². The lowest BCUT2D eigenvalue weighted by Gasteiger charge is -2.47. The fourth-order valence-electron chi connectivity index (χ4n) is 6.50. The minimum Gasteiger partial charge on any atom is -0.493 e. The van der Waals surface area contributed by atoms with Gasteiger partial charge in [0.2, 0.25) is 0 Å². The first-order chi connectivity index (χ1) is 18.8. The second kappa shape index (κ2) is 12.8. The van der Waals surface area contributed by atoms with Gasteiger partial charge in [0.05, 0.1) is 6.61 Å². The molecule has 2 aromatic carbocycles. The van der Waals surface area contributed by atoms with Gasteiger partial charge >= 0.3 is 5.97 Å². The lowest BCUT2D eigenvalue weighted by Crippen LogP contribution is -2.36. The van der Waals surface area contributed by atoms with E-state index < -0.39 is 46.1 Å². The first-order valence-electron chi connectivity index (χ1n) is 14.0. The predicted octanol–water partition coefficient (Wildman–Crippen LogP) is 8.66. The maximum atomic E-state index is 14.7. The summed E-state index contributed by atoms with van der Waals surface area (Å²) in [5.41, 5.74) is -1.38. The highest BCUT2D eigenvalue weighted by Crippen LogP contribution is 2.52. The van der Waals surface area contributed by atoms with Crippen molar-refractivity contribution in [3.05, 3.63) is 58.7 Å². The summed E-state index contributed by atoms with van der Waals surface area (Å²) < 4.78 is 67.4. The number of halogens is 4. The molecule has 39 heavy (non-hydrogen) atoms. The Balaban J connectivity index is 1.34. The van der Waals surface area contributed by atoms with Crippen LogP contribution in [0.25, 0.3) is 0 Å². The zero-order valence-corrected chi connectivity index (χ0v) is 22.3. The average Bonchev–Trinajstić information content (AvgIpc) is 2.91. The molecule has 4 rings (SSSR count). The zero-order chi connectivity index (χ0) is 28.0. The molecule has 0 aliphatic heterocycles. The number of hydrogen-bond acceptors (Lipinski definition) is 4. The molecule has 0 heterocycles. The molecule has 0 aromatic heterocycles. The number of carbonyl (C=O) groups excluding carboxylic acids is 1. The topological polar surface area (TPSA) is 59.3 Å². The third-order valence-corrected chi connectivity index (χ3v) is 8.63. The van der Waals surface area contributed by atoms with Crippen LogP contribution in [0, 0.1) is 51.9 Å². The van der Waals surface area contributed by atoms with Crippen LogP contribution in [0.3, 0.4) is 0 Å². The van der Waals surface area contributed by atoms with Gasteiger partial charge in [0.1, 0.15) is 52.0 Å². The molecule has 2 aromatic rings. The molecule has 0 unspecified atom stereocenters. The van der Waals surface area contributed by atoms with Crippen LogP contribution in [0.1, 0.15) is 99.9 Å². The standard InChI is InChI=1S/C31H35F4NO3/c1-2-3-11-31(12-5-4-6-13-31)21-9-7-20(8-10-21)19-38-22-14-27(34)29(28(35)15-22)30(37)39-23-16-25(32)24(18-36)26(33)17-23/h14-17,20-21H,2-13,19H2,1H3/t20-,21-. The number of nitrogens with zero attached hydrogens (tertiary/aromatic N) is 1. The first-order valence-corrected chi connectivity index (χ1v) is 14.0. The molecule has 0 amide bonds. The van der Waals surface area contributed by atoms with E-state index in [1.54, 1.807) is 0 Å². The first kappa shape index (κ1) is 28.9. The SMILES string of the molecule is CCCCC1([C@H]2CC[C@H](COc3cc(F)c(C(=O)Oc4cc(F)c(C#N)c(F)c4)c(F)c3)CC2)CCCCC1. The molecular formula is C31H35F4NO3. The molecule has 0 saturated heterocycles. The molecule has 2 fully saturated rings.